The molecule has 2 aromatic heterocycles. The van der Waals surface area contributed by atoms with E-state index in [4.69, 9.17) is 11.6 Å². The maximum Gasteiger partial charge on any atom is 0.358 e. The Bertz CT molecular complexity index is 580. The van der Waals surface area contributed by atoms with Crippen LogP contribution in [0.1, 0.15) is 22.0 Å². The van der Waals surface area contributed by atoms with Crippen molar-refractivity contribution in [3.8, 4) is 0 Å². The minimum atomic E-state index is -0.455. The van der Waals surface area contributed by atoms with Crippen molar-refractivity contribution >= 4 is 17.6 Å². The molecule has 0 aliphatic heterocycles. The SMILES string of the molecule is COC(=O)c1cn(Cc2ncccc2Cl)c(C)n1. The van der Waals surface area contributed by atoms with Crippen LogP contribution in [0.3, 0.4) is 0 Å². The molecule has 0 spiro atoms. The first-order valence-corrected chi connectivity index (χ1v) is 5.71. The molecule has 94 valence electrons. The number of hydrogen-bond donors (Lipinski definition) is 0. The van der Waals surface area contributed by atoms with Gasteiger partial charge in [-0.15, -0.1) is 0 Å². The monoisotopic (exact) mass is 265 g/mol. The Labute approximate surface area is 109 Å². The number of imidazole rings is 1. The van der Waals surface area contributed by atoms with Crippen LogP contribution in [0, 0.1) is 6.92 Å². The fourth-order valence-electron chi connectivity index (χ4n) is 1.57. The zero-order valence-corrected chi connectivity index (χ0v) is 10.8. The Morgan fingerprint density at radius 1 is 1.56 bits per heavy atom. The number of nitrogens with zero attached hydrogens (tertiary/aromatic N) is 3. The summed E-state index contributed by atoms with van der Waals surface area (Å²) in [5.41, 5.74) is 1.01. The number of halogens is 1. The Kier molecular flexibility index (Phi) is 3.62. The van der Waals surface area contributed by atoms with E-state index in [-0.39, 0.29) is 5.69 Å². The van der Waals surface area contributed by atoms with E-state index in [1.54, 1.807) is 29.1 Å². The second-order valence-electron chi connectivity index (χ2n) is 3.72. The maximum absolute atomic E-state index is 11.4. The smallest absolute Gasteiger partial charge is 0.358 e. The molecule has 0 aliphatic carbocycles. The topological polar surface area (TPSA) is 57.0 Å². The van der Waals surface area contributed by atoms with Crippen LogP contribution < -0.4 is 0 Å². The fourth-order valence-corrected chi connectivity index (χ4v) is 1.75. The molecule has 0 amide bonds. The minimum Gasteiger partial charge on any atom is -0.464 e. The third kappa shape index (κ3) is 2.51. The summed E-state index contributed by atoms with van der Waals surface area (Å²) in [5, 5.41) is 0.588. The van der Waals surface area contributed by atoms with E-state index < -0.39 is 5.97 Å². The van der Waals surface area contributed by atoms with Crippen LogP contribution in [-0.4, -0.2) is 27.6 Å². The second-order valence-corrected chi connectivity index (χ2v) is 4.13. The molecule has 2 heterocycles. The average Bonchev–Trinajstić information content (AvgIpc) is 2.73. The van der Waals surface area contributed by atoms with Gasteiger partial charge in [0.1, 0.15) is 5.82 Å². The number of pyridine rings is 1. The molecule has 18 heavy (non-hydrogen) atoms. The molecule has 0 radical (unpaired) electrons. The largest absolute Gasteiger partial charge is 0.464 e. The van der Waals surface area contributed by atoms with E-state index in [1.165, 1.54) is 7.11 Å². The van der Waals surface area contributed by atoms with Gasteiger partial charge in [-0.1, -0.05) is 11.6 Å². The predicted molar refractivity (Wildman–Crippen MR) is 66.7 cm³/mol. The number of hydrogen-bond acceptors (Lipinski definition) is 4. The minimum absolute atomic E-state index is 0.280. The number of aryl methyl sites for hydroxylation is 1. The normalized spacial score (nSPS) is 10.4. The van der Waals surface area contributed by atoms with Crippen LogP contribution in [0.2, 0.25) is 5.02 Å². The number of carbonyl (C=O) groups excluding carboxylic acids is 1. The van der Waals surface area contributed by atoms with E-state index in [1.807, 2.05) is 6.92 Å². The van der Waals surface area contributed by atoms with Crippen LogP contribution in [0.25, 0.3) is 0 Å². The van der Waals surface area contributed by atoms with Crippen LogP contribution in [0.4, 0.5) is 0 Å². The van der Waals surface area contributed by atoms with Gasteiger partial charge in [-0.2, -0.15) is 0 Å². The molecule has 0 saturated carbocycles. The summed E-state index contributed by atoms with van der Waals surface area (Å²) in [6.07, 6.45) is 3.31. The van der Waals surface area contributed by atoms with Crippen LogP contribution in [-0.2, 0) is 11.3 Å². The quantitative estimate of drug-likeness (QED) is 0.798. The molecular formula is C12H12ClN3O2. The van der Waals surface area contributed by atoms with Gasteiger partial charge >= 0.3 is 5.97 Å². The zero-order valence-electron chi connectivity index (χ0n) is 10.1. The highest BCUT2D eigenvalue weighted by Crippen LogP contribution is 2.15. The van der Waals surface area contributed by atoms with Crippen LogP contribution >= 0.6 is 11.6 Å². The first-order chi connectivity index (χ1) is 8.61. The predicted octanol–water partition coefficient (Wildman–Crippen LogP) is 2.07. The molecule has 6 heteroatoms. The standard InChI is InChI=1S/C12H12ClN3O2/c1-8-15-11(12(17)18-2)7-16(8)6-10-9(13)4-3-5-14-10/h3-5,7H,6H2,1-2H3. The molecule has 2 aromatic rings. The summed E-state index contributed by atoms with van der Waals surface area (Å²) in [6, 6.07) is 3.55. The molecule has 0 aromatic carbocycles. The van der Waals surface area contributed by atoms with Crippen molar-refractivity contribution < 1.29 is 9.53 Å². The van der Waals surface area contributed by atoms with E-state index in [9.17, 15) is 4.79 Å². The Balaban J connectivity index is 2.27. The first kappa shape index (κ1) is 12.6. The highest BCUT2D eigenvalue weighted by atomic mass is 35.5. The van der Waals surface area contributed by atoms with Gasteiger partial charge in [-0.3, -0.25) is 4.98 Å². The van der Waals surface area contributed by atoms with Gasteiger partial charge in [0.25, 0.3) is 0 Å². The van der Waals surface area contributed by atoms with E-state index >= 15 is 0 Å². The van der Waals surface area contributed by atoms with E-state index in [2.05, 4.69) is 14.7 Å². The molecule has 0 atom stereocenters. The van der Waals surface area contributed by atoms with E-state index in [0.717, 1.165) is 5.69 Å². The van der Waals surface area contributed by atoms with Crippen molar-refractivity contribution in [3.63, 3.8) is 0 Å². The van der Waals surface area contributed by atoms with Crippen molar-refractivity contribution in [3.05, 3.63) is 46.8 Å². The Morgan fingerprint density at radius 3 is 3.00 bits per heavy atom. The molecule has 2 rings (SSSR count). The van der Waals surface area contributed by atoms with Crippen LogP contribution in [0.15, 0.2) is 24.5 Å². The van der Waals surface area contributed by atoms with Gasteiger partial charge in [0, 0.05) is 12.4 Å². The lowest BCUT2D eigenvalue weighted by Crippen LogP contribution is -2.03. The third-order valence-electron chi connectivity index (χ3n) is 2.53. The van der Waals surface area contributed by atoms with Gasteiger partial charge < -0.3 is 9.30 Å². The molecule has 0 bridgehead atoms. The van der Waals surface area contributed by atoms with E-state index in [0.29, 0.717) is 17.4 Å². The summed E-state index contributed by atoms with van der Waals surface area (Å²) in [5.74, 6) is 0.251. The second kappa shape index (κ2) is 5.18. The Hall–Kier alpha value is -1.88. The highest BCUT2D eigenvalue weighted by molar-refractivity contribution is 6.31. The van der Waals surface area contributed by atoms with Gasteiger partial charge in [0.05, 0.1) is 24.4 Å². The number of carbonyl (C=O) groups is 1. The zero-order chi connectivity index (χ0) is 13.1. The van der Waals surface area contributed by atoms with Gasteiger partial charge in [-0.05, 0) is 19.1 Å². The van der Waals surface area contributed by atoms with Crippen molar-refractivity contribution in [2.24, 2.45) is 0 Å². The first-order valence-electron chi connectivity index (χ1n) is 5.33. The lowest BCUT2D eigenvalue weighted by molar-refractivity contribution is 0.0594. The molecule has 0 aliphatic rings. The molecule has 0 N–H and O–H groups in total. The lowest BCUT2D eigenvalue weighted by Gasteiger charge is -2.05. The van der Waals surface area contributed by atoms with Gasteiger partial charge in [-0.25, -0.2) is 9.78 Å². The summed E-state index contributed by atoms with van der Waals surface area (Å²) < 4.78 is 6.43. The summed E-state index contributed by atoms with van der Waals surface area (Å²) in [7, 11) is 1.33. The summed E-state index contributed by atoms with van der Waals surface area (Å²) in [6.45, 7) is 2.28. The van der Waals surface area contributed by atoms with Gasteiger partial charge in [0.2, 0.25) is 0 Å². The summed E-state index contributed by atoms with van der Waals surface area (Å²) in [4.78, 5) is 19.7. The number of methoxy groups -OCH3 is 1. The average molecular weight is 266 g/mol. The van der Waals surface area contributed by atoms with Crippen molar-refractivity contribution in [2.45, 2.75) is 13.5 Å². The molecular weight excluding hydrogens is 254 g/mol. The Morgan fingerprint density at radius 2 is 2.33 bits per heavy atom. The van der Waals surface area contributed by atoms with Crippen LogP contribution in [0.5, 0.6) is 0 Å². The fraction of sp³-hybridized carbons (Fsp3) is 0.250. The number of rotatable bonds is 3. The van der Waals surface area contributed by atoms with Crippen molar-refractivity contribution in [2.75, 3.05) is 7.11 Å². The molecule has 0 unspecified atom stereocenters. The van der Waals surface area contributed by atoms with Gasteiger partial charge in [0.15, 0.2) is 5.69 Å². The maximum atomic E-state index is 11.4. The lowest BCUT2D eigenvalue weighted by atomic mass is 10.3. The highest BCUT2D eigenvalue weighted by Gasteiger charge is 2.13. The van der Waals surface area contributed by atoms with Crippen molar-refractivity contribution in [1.29, 1.82) is 0 Å². The number of aromatic nitrogens is 3. The number of ether oxygens (including phenoxy) is 1. The number of esters is 1. The molecule has 0 fully saturated rings. The summed E-state index contributed by atoms with van der Waals surface area (Å²) >= 11 is 6.04. The molecule has 0 saturated heterocycles. The van der Waals surface area contributed by atoms with Crippen molar-refractivity contribution in [1.82, 2.24) is 14.5 Å². The third-order valence-corrected chi connectivity index (χ3v) is 2.87. The molecule has 5 nitrogen and oxygen atoms in total.